The lowest BCUT2D eigenvalue weighted by atomic mass is 10.2. The fourth-order valence-corrected chi connectivity index (χ4v) is 4.19. The Bertz CT molecular complexity index is 1520. The molecule has 32 heavy (non-hydrogen) atoms. The number of pyridine rings is 2. The summed E-state index contributed by atoms with van der Waals surface area (Å²) in [7, 11) is -4.04. The van der Waals surface area contributed by atoms with E-state index < -0.39 is 21.5 Å². The summed E-state index contributed by atoms with van der Waals surface area (Å²) in [6.45, 7) is 0. The molecule has 0 fully saturated rings. The molecule has 4 rings (SSSR count). The number of carbonyl (C=O) groups excluding carboxylic acids is 1. The van der Waals surface area contributed by atoms with Crippen LogP contribution >= 0.6 is 11.6 Å². The molecule has 4 aromatic rings. The SMILES string of the molecule is O=C(Nc1cc(S(=O)(=O)Nc2cccc(Cl)c2)ccc1O)c1ccc2cc[nH]c(=O)c2n1. The molecule has 0 aliphatic heterocycles. The third-order valence-corrected chi connectivity index (χ3v) is 6.07. The molecule has 2 aromatic carbocycles. The van der Waals surface area contributed by atoms with Crippen molar-refractivity contribution in [3.63, 3.8) is 0 Å². The summed E-state index contributed by atoms with van der Waals surface area (Å²) in [4.78, 5) is 30.9. The Kier molecular flexibility index (Phi) is 5.56. The largest absolute Gasteiger partial charge is 0.506 e. The Balaban J connectivity index is 1.62. The van der Waals surface area contributed by atoms with E-state index in [-0.39, 0.29) is 33.2 Å². The molecular weight excluding hydrogens is 456 g/mol. The number of phenols is 1. The summed E-state index contributed by atoms with van der Waals surface area (Å²) < 4.78 is 27.8. The van der Waals surface area contributed by atoms with Crippen LogP contribution in [-0.2, 0) is 10.0 Å². The van der Waals surface area contributed by atoms with Gasteiger partial charge in [0, 0.05) is 16.6 Å². The van der Waals surface area contributed by atoms with Gasteiger partial charge >= 0.3 is 0 Å². The molecule has 162 valence electrons. The van der Waals surface area contributed by atoms with E-state index in [1.807, 2.05) is 0 Å². The van der Waals surface area contributed by atoms with Gasteiger partial charge in [0.1, 0.15) is 17.0 Å². The Hall–Kier alpha value is -3.89. The normalized spacial score (nSPS) is 11.3. The number of nitrogens with one attached hydrogen (secondary N) is 3. The van der Waals surface area contributed by atoms with E-state index in [9.17, 15) is 23.1 Å². The number of H-pyrrole nitrogens is 1. The van der Waals surface area contributed by atoms with Crippen LogP contribution in [0.25, 0.3) is 10.9 Å². The first kappa shape index (κ1) is 21.3. The van der Waals surface area contributed by atoms with Crippen LogP contribution in [0.15, 0.2) is 76.6 Å². The van der Waals surface area contributed by atoms with Crippen molar-refractivity contribution in [2.75, 3.05) is 10.0 Å². The van der Waals surface area contributed by atoms with E-state index in [2.05, 4.69) is 20.0 Å². The number of anilines is 2. The number of nitrogens with zero attached hydrogens (tertiary/aromatic N) is 1. The second-order valence-corrected chi connectivity index (χ2v) is 8.81. The summed E-state index contributed by atoms with van der Waals surface area (Å²) in [5.41, 5.74) is -0.361. The molecule has 0 bridgehead atoms. The molecule has 0 radical (unpaired) electrons. The van der Waals surface area contributed by atoms with E-state index in [0.717, 1.165) is 12.1 Å². The van der Waals surface area contributed by atoms with Gasteiger partial charge in [-0.3, -0.25) is 14.3 Å². The van der Waals surface area contributed by atoms with Crippen molar-refractivity contribution in [2.45, 2.75) is 4.90 Å². The lowest BCUT2D eigenvalue weighted by molar-refractivity contribution is 0.102. The average molecular weight is 471 g/mol. The predicted molar refractivity (Wildman–Crippen MR) is 121 cm³/mol. The van der Waals surface area contributed by atoms with Crippen molar-refractivity contribution in [1.82, 2.24) is 9.97 Å². The molecule has 4 N–H and O–H groups in total. The van der Waals surface area contributed by atoms with Gasteiger partial charge in [0.05, 0.1) is 16.3 Å². The van der Waals surface area contributed by atoms with Crippen LogP contribution in [0.5, 0.6) is 5.75 Å². The van der Waals surface area contributed by atoms with Crippen molar-refractivity contribution in [3.05, 3.63) is 87.9 Å². The summed E-state index contributed by atoms with van der Waals surface area (Å²) in [6.07, 6.45) is 1.47. The molecule has 0 spiro atoms. The van der Waals surface area contributed by atoms with Gasteiger partial charge in [0.25, 0.3) is 21.5 Å². The number of aromatic nitrogens is 2. The number of aromatic amines is 1. The van der Waals surface area contributed by atoms with Gasteiger partial charge in [0.2, 0.25) is 0 Å². The highest BCUT2D eigenvalue weighted by Gasteiger charge is 2.18. The van der Waals surface area contributed by atoms with Crippen LogP contribution in [0.4, 0.5) is 11.4 Å². The van der Waals surface area contributed by atoms with Crippen molar-refractivity contribution < 1.29 is 18.3 Å². The minimum absolute atomic E-state index is 0.0754. The van der Waals surface area contributed by atoms with Gasteiger partial charge < -0.3 is 15.4 Å². The number of fused-ring (bicyclic) bond motifs is 1. The maximum absolute atomic E-state index is 12.7. The average Bonchev–Trinajstić information content (AvgIpc) is 2.75. The van der Waals surface area contributed by atoms with Gasteiger partial charge in [-0.2, -0.15) is 0 Å². The number of sulfonamides is 1. The zero-order valence-corrected chi connectivity index (χ0v) is 17.7. The minimum atomic E-state index is -4.04. The van der Waals surface area contributed by atoms with Crippen molar-refractivity contribution in [2.24, 2.45) is 0 Å². The monoisotopic (exact) mass is 470 g/mol. The van der Waals surface area contributed by atoms with E-state index in [4.69, 9.17) is 11.6 Å². The summed E-state index contributed by atoms with van der Waals surface area (Å²) in [5.74, 6) is -1.08. The fourth-order valence-electron chi connectivity index (χ4n) is 2.92. The van der Waals surface area contributed by atoms with E-state index in [1.165, 1.54) is 30.5 Å². The highest BCUT2D eigenvalue weighted by Crippen LogP contribution is 2.28. The van der Waals surface area contributed by atoms with Gasteiger partial charge in [0.15, 0.2) is 0 Å². The number of hydrogen-bond acceptors (Lipinski definition) is 6. The van der Waals surface area contributed by atoms with E-state index in [0.29, 0.717) is 10.4 Å². The quantitative estimate of drug-likeness (QED) is 0.330. The van der Waals surface area contributed by atoms with Crippen molar-refractivity contribution in [3.8, 4) is 5.75 Å². The standard InChI is InChI=1S/C21H15ClN4O5S/c22-13-2-1-3-14(10-13)26-32(30,31)15-5-7-18(27)17(11-15)25-20(28)16-6-4-12-8-9-23-21(29)19(12)24-16/h1-11,26-27H,(H,23,29)(H,25,28). The number of aromatic hydroxyl groups is 1. The Morgan fingerprint density at radius 2 is 1.88 bits per heavy atom. The van der Waals surface area contributed by atoms with Crippen LogP contribution in [-0.4, -0.2) is 29.4 Å². The lowest BCUT2D eigenvalue weighted by Gasteiger charge is -2.12. The van der Waals surface area contributed by atoms with Gasteiger partial charge in [-0.15, -0.1) is 0 Å². The number of halogens is 1. The Morgan fingerprint density at radius 3 is 2.66 bits per heavy atom. The van der Waals surface area contributed by atoms with Gasteiger partial charge in [-0.1, -0.05) is 23.7 Å². The third-order valence-electron chi connectivity index (χ3n) is 4.45. The predicted octanol–water partition coefficient (Wildman–Crippen LogP) is 3.34. The Labute approximate surface area is 186 Å². The summed E-state index contributed by atoms with van der Waals surface area (Å²) in [6, 6.07) is 14.2. The molecular formula is C21H15ClN4O5S. The number of benzene rings is 2. The van der Waals surface area contributed by atoms with Gasteiger partial charge in [-0.05, 0) is 48.5 Å². The van der Waals surface area contributed by atoms with Crippen LogP contribution in [0, 0.1) is 0 Å². The lowest BCUT2D eigenvalue weighted by Crippen LogP contribution is -2.17. The molecule has 2 heterocycles. The first-order valence-corrected chi connectivity index (χ1v) is 11.0. The van der Waals surface area contributed by atoms with Crippen LogP contribution in [0.1, 0.15) is 10.5 Å². The topological polar surface area (TPSA) is 141 Å². The van der Waals surface area contributed by atoms with Crippen LogP contribution < -0.4 is 15.6 Å². The third kappa shape index (κ3) is 4.41. The minimum Gasteiger partial charge on any atom is -0.506 e. The molecule has 0 saturated heterocycles. The summed E-state index contributed by atoms with van der Waals surface area (Å²) in [5, 5.41) is 13.4. The second kappa shape index (κ2) is 8.33. The number of rotatable bonds is 5. The molecule has 0 atom stereocenters. The first-order chi connectivity index (χ1) is 15.2. The highest BCUT2D eigenvalue weighted by atomic mass is 35.5. The van der Waals surface area contributed by atoms with Crippen LogP contribution in [0.2, 0.25) is 5.02 Å². The Morgan fingerprint density at radius 1 is 1.06 bits per heavy atom. The van der Waals surface area contributed by atoms with Crippen LogP contribution in [0.3, 0.4) is 0 Å². The number of hydrogen-bond donors (Lipinski definition) is 4. The molecule has 1 amide bonds. The molecule has 2 aromatic heterocycles. The van der Waals surface area contributed by atoms with Crippen molar-refractivity contribution in [1.29, 1.82) is 0 Å². The highest BCUT2D eigenvalue weighted by molar-refractivity contribution is 7.92. The molecule has 0 aliphatic rings. The smallest absolute Gasteiger partial charge is 0.274 e. The number of carbonyl (C=O) groups is 1. The molecule has 0 saturated carbocycles. The molecule has 11 heteroatoms. The second-order valence-electron chi connectivity index (χ2n) is 6.69. The zero-order chi connectivity index (χ0) is 22.9. The fraction of sp³-hybridized carbons (Fsp3) is 0. The van der Waals surface area contributed by atoms with Crippen molar-refractivity contribution >= 4 is 49.8 Å². The molecule has 9 nitrogen and oxygen atoms in total. The number of amides is 1. The molecule has 0 aliphatic carbocycles. The molecule has 0 unspecified atom stereocenters. The maximum atomic E-state index is 12.7. The van der Waals surface area contributed by atoms with E-state index >= 15 is 0 Å². The summed E-state index contributed by atoms with van der Waals surface area (Å²) >= 11 is 5.88. The zero-order valence-electron chi connectivity index (χ0n) is 16.2. The van der Waals surface area contributed by atoms with E-state index in [1.54, 1.807) is 24.3 Å². The van der Waals surface area contributed by atoms with Gasteiger partial charge in [-0.25, -0.2) is 13.4 Å². The maximum Gasteiger partial charge on any atom is 0.274 e. The number of phenolic OH excluding ortho intramolecular Hbond substituents is 1. The first-order valence-electron chi connectivity index (χ1n) is 9.14.